The molecule has 3 nitrogen and oxygen atoms in total. The number of fused-ring (bicyclic) bond motifs is 1. The van der Waals surface area contributed by atoms with E-state index in [2.05, 4.69) is 42.1 Å². The number of halogens is 1. The molecule has 3 saturated carbocycles. The number of hydrogen-bond acceptors (Lipinski definition) is 2. The summed E-state index contributed by atoms with van der Waals surface area (Å²) in [5.41, 5.74) is 2.30. The topological polar surface area (TPSA) is 55.1 Å². The molecule has 0 aromatic carbocycles. The zero-order valence-corrected chi connectivity index (χ0v) is 10.4. The van der Waals surface area contributed by atoms with Crippen LogP contribution in [0.4, 0.5) is 0 Å². The van der Waals surface area contributed by atoms with Crippen molar-refractivity contribution in [2.45, 2.75) is 38.4 Å². The summed E-state index contributed by atoms with van der Waals surface area (Å²) in [5.74, 6) is 5.25. The molecule has 2 bridgehead atoms. The molecule has 4 heteroatoms. The van der Waals surface area contributed by atoms with Crippen molar-refractivity contribution in [3.63, 3.8) is 0 Å². The smallest absolute Gasteiger partial charge is 0.241 e. The van der Waals surface area contributed by atoms with Crippen LogP contribution in [-0.2, 0) is 4.79 Å². The summed E-state index contributed by atoms with van der Waals surface area (Å²) in [6, 6.07) is 0. The van der Waals surface area contributed by atoms with E-state index in [9.17, 15) is 4.79 Å². The molecule has 3 aliphatic rings. The summed E-state index contributed by atoms with van der Waals surface area (Å²) >= 11 is 3.67. The van der Waals surface area contributed by atoms with Gasteiger partial charge in [0.2, 0.25) is 5.91 Å². The van der Waals surface area contributed by atoms with E-state index in [4.69, 9.17) is 5.84 Å². The Kier molecular flexibility index (Phi) is 1.88. The van der Waals surface area contributed by atoms with Gasteiger partial charge in [-0.15, -0.1) is 0 Å². The largest absolute Gasteiger partial charge is 0.294 e. The molecule has 0 aliphatic heterocycles. The number of nitrogens with one attached hydrogen (secondary N) is 1. The third-order valence-electron chi connectivity index (χ3n) is 5.11. The van der Waals surface area contributed by atoms with Crippen molar-refractivity contribution in [1.82, 2.24) is 5.43 Å². The van der Waals surface area contributed by atoms with Crippen LogP contribution in [0.5, 0.6) is 0 Å². The van der Waals surface area contributed by atoms with Gasteiger partial charge in [-0.1, -0.05) is 36.7 Å². The number of amides is 1. The molecule has 0 spiro atoms. The second-order valence-corrected chi connectivity index (χ2v) is 6.27. The highest BCUT2D eigenvalue weighted by atomic mass is 79.9. The van der Waals surface area contributed by atoms with Gasteiger partial charge < -0.3 is 0 Å². The average molecular weight is 261 g/mol. The monoisotopic (exact) mass is 260 g/mol. The lowest BCUT2D eigenvalue weighted by atomic mass is 9.43. The molecule has 3 atom stereocenters. The minimum atomic E-state index is -0.295. The first-order valence-electron chi connectivity index (χ1n) is 5.00. The van der Waals surface area contributed by atoms with Gasteiger partial charge in [0, 0.05) is 4.83 Å². The quantitative estimate of drug-likeness (QED) is 0.326. The van der Waals surface area contributed by atoms with Crippen molar-refractivity contribution in [2.75, 3.05) is 0 Å². The second kappa shape index (κ2) is 2.53. The number of carbonyl (C=O) groups is 1. The number of rotatable bonds is 1. The zero-order valence-electron chi connectivity index (χ0n) is 8.86. The van der Waals surface area contributed by atoms with Crippen LogP contribution in [0.3, 0.4) is 0 Å². The molecule has 14 heavy (non-hydrogen) atoms. The van der Waals surface area contributed by atoms with Gasteiger partial charge in [0.25, 0.3) is 0 Å². The molecule has 0 unspecified atom stereocenters. The maximum atomic E-state index is 11.9. The highest BCUT2D eigenvalue weighted by Gasteiger charge is 2.79. The Balaban J connectivity index is 2.44. The molecule has 3 rings (SSSR count). The normalized spacial score (nSPS) is 48.5. The number of alkyl halides is 1. The molecule has 1 amide bonds. The molecule has 0 aromatic rings. The number of hydrazine groups is 1. The summed E-state index contributed by atoms with van der Waals surface area (Å²) in [6.07, 6.45) is 2.04. The van der Waals surface area contributed by atoms with Crippen molar-refractivity contribution in [3.05, 3.63) is 0 Å². The predicted molar refractivity (Wildman–Crippen MR) is 58.6 cm³/mol. The van der Waals surface area contributed by atoms with Gasteiger partial charge in [0.15, 0.2) is 0 Å². The highest BCUT2D eigenvalue weighted by Crippen LogP contribution is 2.79. The highest BCUT2D eigenvalue weighted by molar-refractivity contribution is 9.09. The molecule has 80 valence electrons. The van der Waals surface area contributed by atoms with Crippen LogP contribution < -0.4 is 11.3 Å². The first-order valence-corrected chi connectivity index (χ1v) is 5.91. The standard InChI is InChI=1S/C10H17BrN2O/c1-8(2)9(3)4-5-10(8,6(9)11)7(14)13-12/h6H,4-5,12H2,1-3H3,(H,13,14)/t6-,9+,10-/m0/s1. The summed E-state index contributed by atoms with van der Waals surface area (Å²) in [5, 5.41) is 0. The van der Waals surface area contributed by atoms with Gasteiger partial charge in [-0.3, -0.25) is 10.2 Å². The van der Waals surface area contributed by atoms with Gasteiger partial charge in [-0.2, -0.15) is 0 Å². The van der Waals surface area contributed by atoms with Crippen molar-refractivity contribution >= 4 is 21.8 Å². The van der Waals surface area contributed by atoms with E-state index in [1.807, 2.05) is 0 Å². The summed E-state index contributed by atoms with van der Waals surface area (Å²) in [6.45, 7) is 6.60. The first kappa shape index (κ1) is 10.4. The molecule has 0 aromatic heterocycles. The molecule has 0 radical (unpaired) electrons. The summed E-state index contributed by atoms with van der Waals surface area (Å²) in [4.78, 5) is 12.1. The van der Waals surface area contributed by atoms with Gasteiger partial charge in [-0.25, -0.2) is 5.84 Å². The van der Waals surface area contributed by atoms with Crippen molar-refractivity contribution in [1.29, 1.82) is 0 Å². The maximum Gasteiger partial charge on any atom is 0.241 e. The van der Waals surface area contributed by atoms with E-state index in [1.54, 1.807) is 0 Å². The van der Waals surface area contributed by atoms with Gasteiger partial charge in [-0.05, 0) is 23.7 Å². The summed E-state index contributed by atoms with van der Waals surface area (Å²) in [7, 11) is 0. The predicted octanol–water partition coefficient (Wildman–Crippen LogP) is 1.57. The van der Waals surface area contributed by atoms with Crippen LogP contribution in [0.25, 0.3) is 0 Å². The van der Waals surface area contributed by atoms with Crippen LogP contribution in [0, 0.1) is 16.2 Å². The Morgan fingerprint density at radius 2 is 2.00 bits per heavy atom. The lowest BCUT2D eigenvalue weighted by molar-refractivity contribution is -0.161. The van der Waals surface area contributed by atoms with E-state index < -0.39 is 0 Å². The van der Waals surface area contributed by atoms with Crippen molar-refractivity contribution in [3.8, 4) is 0 Å². The number of nitrogens with two attached hydrogens (primary N) is 1. The van der Waals surface area contributed by atoms with Crippen LogP contribution in [0.1, 0.15) is 33.6 Å². The van der Waals surface area contributed by atoms with Crippen molar-refractivity contribution < 1.29 is 4.79 Å². The van der Waals surface area contributed by atoms with E-state index in [1.165, 1.54) is 0 Å². The fourth-order valence-corrected chi connectivity index (χ4v) is 5.40. The number of hydrogen-bond donors (Lipinski definition) is 2. The van der Waals surface area contributed by atoms with E-state index in [-0.39, 0.29) is 27.0 Å². The third-order valence-corrected chi connectivity index (χ3v) is 6.90. The Hall–Kier alpha value is -0.0900. The Morgan fingerprint density at radius 1 is 1.43 bits per heavy atom. The molecular formula is C10H17BrN2O. The average Bonchev–Trinajstić information content (AvgIpc) is 2.54. The van der Waals surface area contributed by atoms with Gasteiger partial charge >= 0.3 is 0 Å². The molecule has 0 heterocycles. The van der Waals surface area contributed by atoms with E-state index in [0.717, 1.165) is 12.8 Å². The van der Waals surface area contributed by atoms with E-state index in [0.29, 0.717) is 0 Å². The third kappa shape index (κ3) is 0.703. The molecular weight excluding hydrogens is 244 g/mol. The molecule has 3 N–H and O–H groups in total. The van der Waals surface area contributed by atoms with Crippen LogP contribution in [-0.4, -0.2) is 10.7 Å². The molecule has 3 fully saturated rings. The lowest BCUT2D eigenvalue weighted by Crippen LogP contribution is -2.69. The Bertz CT molecular complexity index is 304. The SMILES string of the molecule is CC1(C)[C@]2(C)CC[C@@]1(C(=O)NN)[C@H]2Br. The Labute approximate surface area is 92.9 Å². The maximum absolute atomic E-state index is 11.9. The summed E-state index contributed by atoms with van der Waals surface area (Å²) < 4.78 is 0. The fourth-order valence-electron chi connectivity index (χ4n) is 3.59. The van der Waals surface area contributed by atoms with Gasteiger partial charge in [0.05, 0.1) is 5.41 Å². The second-order valence-electron chi connectivity index (χ2n) is 5.35. The first-order chi connectivity index (χ1) is 6.34. The number of carbonyl (C=O) groups excluding carboxylic acids is 1. The van der Waals surface area contributed by atoms with Crippen molar-refractivity contribution in [2.24, 2.45) is 22.1 Å². The van der Waals surface area contributed by atoms with Crippen LogP contribution in [0.15, 0.2) is 0 Å². The lowest BCUT2D eigenvalue weighted by Gasteiger charge is -2.63. The van der Waals surface area contributed by atoms with E-state index >= 15 is 0 Å². The fraction of sp³-hybridized carbons (Fsp3) is 0.900. The minimum Gasteiger partial charge on any atom is -0.294 e. The molecule has 3 aliphatic carbocycles. The zero-order chi connectivity index (χ0) is 10.8. The Morgan fingerprint density at radius 3 is 2.29 bits per heavy atom. The van der Waals surface area contributed by atoms with Gasteiger partial charge in [0.1, 0.15) is 0 Å². The minimum absolute atomic E-state index is 0.0145. The van der Waals surface area contributed by atoms with Crippen LogP contribution >= 0.6 is 15.9 Å². The molecule has 0 saturated heterocycles. The van der Waals surface area contributed by atoms with Crippen LogP contribution in [0.2, 0.25) is 0 Å².